The molecule has 0 aromatic heterocycles. The summed E-state index contributed by atoms with van der Waals surface area (Å²) in [5.41, 5.74) is -0.470. The summed E-state index contributed by atoms with van der Waals surface area (Å²) in [5.74, 6) is -0.262. The molecule has 0 N–H and O–H groups in total. The molecule has 0 aliphatic heterocycles. The minimum absolute atomic E-state index is 0.236. The summed E-state index contributed by atoms with van der Waals surface area (Å²) < 4.78 is 59.9. The summed E-state index contributed by atoms with van der Waals surface area (Å²) in [6, 6.07) is 0. The molecule has 13 heteroatoms. The molecule has 0 rings (SSSR count). The summed E-state index contributed by atoms with van der Waals surface area (Å²) >= 11 is 0. The molecule has 0 atom stereocenters. The van der Waals surface area contributed by atoms with E-state index in [1.807, 2.05) is 20.8 Å². The fourth-order valence-electron chi connectivity index (χ4n) is 2.82. The maximum atomic E-state index is 11.5. The zero-order chi connectivity index (χ0) is 30.5. The van der Waals surface area contributed by atoms with E-state index < -0.39 is 13.9 Å². The molecule has 246 valence electrons. The predicted octanol–water partition coefficient (Wildman–Crippen LogP) is 2.72. The fourth-order valence-corrected chi connectivity index (χ4v) is 3.51. The minimum Gasteiger partial charge on any atom is -0.460 e. The number of carbonyl (C=O) groups excluding carboxylic acids is 1. The first kappa shape index (κ1) is 40.3. The van der Waals surface area contributed by atoms with Crippen LogP contribution in [0.2, 0.25) is 19.6 Å². The van der Waals surface area contributed by atoms with Gasteiger partial charge in [0.25, 0.3) is 0 Å². The Balaban J connectivity index is 3.12. The van der Waals surface area contributed by atoms with Crippen LogP contribution in [0.5, 0.6) is 0 Å². The van der Waals surface area contributed by atoms with Crippen molar-refractivity contribution in [2.45, 2.75) is 52.4 Å². The van der Waals surface area contributed by atoms with E-state index in [1.54, 1.807) is 0 Å². The van der Waals surface area contributed by atoms with Gasteiger partial charge in [0.1, 0.15) is 5.60 Å². The second-order valence-electron chi connectivity index (χ2n) is 10.8. The van der Waals surface area contributed by atoms with Crippen LogP contribution in [-0.2, 0) is 56.6 Å². The van der Waals surface area contributed by atoms with Gasteiger partial charge in [-0.3, -0.25) is 4.79 Å². The molecule has 0 saturated heterocycles. The van der Waals surface area contributed by atoms with Crippen molar-refractivity contribution in [3.63, 3.8) is 0 Å². The highest BCUT2D eigenvalue weighted by molar-refractivity contribution is 6.69. The van der Waals surface area contributed by atoms with Crippen LogP contribution in [-0.4, -0.2) is 145 Å². The van der Waals surface area contributed by atoms with Crippen LogP contribution in [0.3, 0.4) is 0 Å². The summed E-state index contributed by atoms with van der Waals surface area (Å²) in [6.45, 7) is 21.6. The number of rotatable bonds is 31. The molecule has 0 saturated carbocycles. The van der Waals surface area contributed by atoms with Crippen LogP contribution < -0.4 is 0 Å². The molecular formula is C28H58O12Si. The molecule has 0 unspecified atom stereocenters. The van der Waals surface area contributed by atoms with Crippen LogP contribution in [0.4, 0.5) is 0 Å². The number of esters is 1. The van der Waals surface area contributed by atoms with Crippen LogP contribution in [0.15, 0.2) is 0 Å². The van der Waals surface area contributed by atoms with E-state index in [4.69, 9.17) is 51.8 Å². The van der Waals surface area contributed by atoms with Gasteiger partial charge in [0, 0.05) is 0 Å². The van der Waals surface area contributed by atoms with Gasteiger partial charge in [-0.05, 0) is 40.4 Å². The Morgan fingerprint density at radius 2 is 0.683 bits per heavy atom. The average Bonchev–Trinajstić information content (AvgIpc) is 2.88. The van der Waals surface area contributed by atoms with Crippen molar-refractivity contribution in [1.29, 1.82) is 0 Å². The summed E-state index contributed by atoms with van der Waals surface area (Å²) in [5, 5.41) is 0. The molecular weight excluding hydrogens is 556 g/mol. The monoisotopic (exact) mass is 614 g/mol. The van der Waals surface area contributed by atoms with Crippen molar-refractivity contribution in [2.75, 3.05) is 126 Å². The Morgan fingerprint density at radius 1 is 0.439 bits per heavy atom. The molecule has 0 heterocycles. The van der Waals surface area contributed by atoms with Gasteiger partial charge in [-0.2, -0.15) is 0 Å². The van der Waals surface area contributed by atoms with Gasteiger partial charge in [-0.25, -0.2) is 0 Å². The quantitative estimate of drug-likeness (QED) is 0.0649. The second kappa shape index (κ2) is 28.1. The van der Waals surface area contributed by atoms with Gasteiger partial charge in [-0.15, -0.1) is 0 Å². The Bertz CT molecular complexity index is 569. The molecule has 0 radical (unpaired) electrons. The minimum atomic E-state index is -1.45. The van der Waals surface area contributed by atoms with Gasteiger partial charge < -0.3 is 51.8 Å². The second-order valence-corrected chi connectivity index (χ2v) is 15.3. The molecule has 0 aliphatic rings. The number of hydrogen-bond donors (Lipinski definition) is 0. The molecule has 0 aromatic rings. The lowest BCUT2D eigenvalue weighted by Gasteiger charge is -2.19. The first-order valence-corrected chi connectivity index (χ1v) is 18.1. The van der Waals surface area contributed by atoms with Gasteiger partial charge in [-0.1, -0.05) is 0 Å². The average molecular weight is 615 g/mol. The maximum Gasteiger partial charge on any atom is 0.308 e. The SMILES string of the molecule is CC(C)(C)OC(=O)CCOCCOCCOCCOCCOCCOCCOCCOCCOCCO[Si](C)(C)C. The van der Waals surface area contributed by atoms with Crippen molar-refractivity contribution >= 4 is 14.3 Å². The highest BCUT2D eigenvalue weighted by Gasteiger charge is 2.15. The standard InChI is InChI=1S/C28H58O12Si/c1-28(2,3)40-27(29)7-8-30-9-10-31-11-12-32-13-14-33-15-16-34-17-18-35-19-20-36-21-22-37-23-24-38-25-26-39-41(4,5)6/h7-26H2,1-6H3. The lowest BCUT2D eigenvalue weighted by atomic mass is 10.2. The third kappa shape index (κ3) is 37.3. The largest absolute Gasteiger partial charge is 0.460 e. The zero-order valence-electron chi connectivity index (χ0n) is 26.5. The topological polar surface area (TPSA) is 119 Å². The van der Waals surface area contributed by atoms with E-state index in [0.717, 1.165) is 0 Å². The van der Waals surface area contributed by atoms with Gasteiger partial charge in [0.2, 0.25) is 0 Å². The summed E-state index contributed by atoms with van der Waals surface area (Å²) in [4.78, 5) is 11.5. The van der Waals surface area contributed by atoms with E-state index in [-0.39, 0.29) is 12.4 Å². The Morgan fingerprint density at radius 3 is 0.927 bits per heavy atom. The smallest absolute Gasteiger partial charge is 0.308 e. The van der Waals surface area contributed by atoms with Crippen LogP contribution in [0, 0.1) is 0 Å². The Labute approximate surface area is 249 Å². The van der Waals surface area contributed by atoms with Crippen LogP contribution in [0.1, 0.15) is 27.2 Å². The van der Waals surface area contributed by atoms with E-state index in [0.29, 0.717) is 126 Å². The van der Waals surface area contributed by atoms with Crippen molar-refractivity contribution < 1.29 is 56.6 Å². The molecule has 0 spiro atoms. The molecule has 0 bridgehead atoms. The molecule has 0 aliphatic carbocycles. The van der Waals surface area contributed by atoms with E-state index >= 15 is 0 Å². The summed E-state index contributed by atoms with van der Waals surface area (Å²) in [7, 11) is -1.45. The highest BCUT2D eigenvalue weighted by atomic mass is 28.4. The molecule has 0 aromatic carbocycles. The zero-order valence-corrected chi connectivity index (χ0v) is 27.5. The van der Waals surface area contributed by atoms with Gasteiger partial charge in [0.15, 0.2) is 8.32 Å². The van der Waals surface area contributed by atoms with Gasteiger partial charge >= 0.3 is 5.97 Å². The normalized spacial score (nSPS) is 12.2. The molecule has 12 nitrogen and oxygen atoms in total. The first-order valence-electron chi connectivity index (χ1n) is 14.7. The Hall–Kier alpha value is -0.713. The van der Waals surface area contributed by atoms with Crippen molar-refractivity contribution in [1.82, 2.24) is 0 Å². The lowest BCUT2D eigenvalue weighted by molar-refractivity contribution is -0.156. The summed E-state index contributed by atoms with van der Waals surface area (Å²) in [6.07, 6.45) is 0.236. The third-order valence-electron chi connectivity index (χ3n) is 4.61. The third-order valence-corrected chi connectivity index (χ3v) is 5.68. The number of ether oxygens (including phenoxy) is 10. The van der Waals surface area contributed by atoms with Gasteiger partial charge in [0.05, 0.1) is 132 Å². The molecule has 0 fully saturated rings. The van der Waals surface area contributed by atoms with E-state index in [2.05, 4.69) is 19.6 Å². The highest BCUT2D eigenvalue weighted by Crippen LogP contribution is 2.08. The number of carbonyl (C=O) groups is 1. The van der Waals surface area contributed by atoms with Crippen LogP contribution >= 0.6 is 0 Å². The van der Waals surface area contributed by atoms with Crippen molar-refractivity contribution in [2.24, 2.45) is 0 Å². The van der Waals surface area contributed by atoms with Crippen LogP contribution in [0.25, 0.3) is 0 Å². The Kier molecular flexibility index (Phi) is 27.6. The fraction of sp³-hybridized carbons (Fsp3) is 0.964. The lowest BCUT2D eigenvalue weighted by Crippen LogP contribution is -2.27. The maximum absolute atomic E-state index is 11.5. The molecule has 41 heavy (non-hydrogen) atoms. The van der Waals surface area contributed by atoms with Crippen molar-refractivity contribution in [3.8, 4) is 0 Å². The van der Waals surface area contributed by atoms with E-state index in [1.165, 1.54) is 0 Å². The molecule has 0 amide bonds. The van der Waals surface area contributed by atoms with Crippen molar-refractivity contribution in [3.05, 3.63) is 0 Å². The van der Waals surface area contributed by atoms with E-state index in [9.17, 15) is 4.79 Å². The number of hydrogen-bond acceptors (Lipinski definition) is 12. The first-order chi connectivity index (χ1) is 19.6. The predicted molar refractivity (Wildman–Crippen MR) is 157 cm³/mol.